The maximum Gasteiger partial charge on any atom is 0.226 e. The molecule has 2 heteroatoms. The molecule has 0 bridgehead atoms. The third kappa shape index (κ3) is 11.1. The van der Waals surface area contributed by atoms with Gasteiger partial charge in [0.2, 0.25) is 5.91 Å². The van der Waals surface area contributed by atoms with Gasteiger partial charge in [-0.1, -0.05) is 65.0 Å². The summed E-state index contributed by atoms with van der Waals surface area (Å²) in [5.41, 5.74) is 0. The molecule has 0 N–H and O–H groups in total. The van der Waals surface area contributed by atoms with Gasteiger partial charge >= 0.3 is 0 Å². The summed E-state index contributed by atoms with van der Waals surface area (Å²) in [7, 11) is 0. The zero-order valence-electron chi connectivity index (χ0n) is 14.0. The highest BCUT2D eigenvalue weighted by Gasteiger charge is 2.10. The molecule has 2 nitrogen and oxygen atoms in total. The molecule has 0 unspecified atom stereocenters. The Morgan fingerprint density at radius 3 is 1.95 bits per heavy atom. The number of unbranched alkanes of at least 4 members (excludes halogenated alkanes) is 6. The van der Waals surface area contributed by atoms with Gasteiger partial charge in [0, 0.05) is 19.5 Å². The van der Waals surface area contributed by atoms with E-state index in [1.165, 1.54) is 25.7 Å². The Labute approximate surface area is 126 Å². The van der Waals surface area contributed by atoms with Crippen molar-refractivity contribution < 1.29 is 4.79 Å². The van der Waals surface area contributed by atoms with Crippen molar-refractivity contribution in [1.82, 2.24) is 4.90 Å². The Hall–Kier alpha value is -0.790. The Kier molecular flexibility index (Phi) is 14.0. The molecule has 20 heavy (non-hydrogen) atoms. The van der Waals surface area contributed by atoms with Crippen LogP contribution in [0.5, 0.6) is 0 Å². The molecular formula is C18H35NO. The van der Waals surface area contributed by atoms with Gasteiger partial charge in [-0.3, -0.25) is 4.79 Å². The van der Waals surface area contributed by atoms with Gasteiger partial charge in [-0.25, -0.2) is 0 Å². The van der Waals surface area contributed by atoms with Crippen LogP contribution in [0.4, 0.5) is 0 Å². The molecule has 0 aliphatic heterocycles. The molecule has 0 aromatic heterocycles. The molecule has 0 aromatic carbocycles. The molecule has 0 rings (SSSR count). The number of rotatable bonds is 13. The van der Waals surface area contributed by atoms with E-state index in [4.69, 9.17) is 0 Å². The molecule has 0 fully saturated rings. The topological polar surface area (TPSA) is 20.3 Å². The highest BCUT2D eigenvalue weighted by molar-refractivity contribution is 5.77. The lowest BCUT2D eigenvalue weighted by atomic mass is 10.1. The summed E-state index contributed by atoms with van der Waals surface area (Å²) >= 11 is 0. The second-order valence-electron chi connectivity index (χ2n) is 5.61. The molecule has 1 amide bonds. The fourth-order valence-corrected chi connectivity index (χ4v) is 2.18. The monoisotopic (exact) mass is 281 g/mol. The van der Waals surface area contributed by atoms with Crippen molar-refractivity contribution in [2.45, 2.75) is 85.0 Å². The lowest BCUT2D eigenvalue weighted by Crippen LogP contribution is -2.32. The quantitative estimate of drug-likeness (QED) is 0.330. The SMILES string of the molecule is CCCCCC/C=C/CC(=O)N(CCCC)CCCC. The largest absolute Gasteiger partial charge is 0.342 e. The van der Waals surface area contributed by atoms with Gasteiger partial charge in [-0.2, -0.15) is 0 Å². The van der Waals surface area contributed by atoms with Crippen LogP contribution < -0.4 is 0 Å². The predicted octanol–water partition coefficient (Wildman–Crippen LogP) is 5.33. The summed E-state index contributed by atoms with van der Waals surface area (Å²) in [6.07, 6.45) is 15.7. The summed E-state index contributed by atoms with van der Waals surface area (Å²) in [6.45, 7) is 8.45. The van der Waals surface area contributed by atoms with E-state index < -0.39 is 0 Å². The predicted molar refractivity (Wildman–Crippen MR) is 88.9 cm³/mol. The maximum atomic E-state index is 12.2. The van der Waals surface area contributed by atoms with Gasteiger partial charge in [0.05, 0.1) is 0 Å². The molecular weight excluding hydrogens is 246 g/mol. The van der Waals surface area contributed by atoms with E-state index in [9.17, 15) is 4.79 Å². The first-order valence-electron chi connectivity index (χ1n) is 8.68. The minimum absolute atomic E-state index is 0.303. The van der Waals surface area contributed by atoms with Crippen molar-refractivity contribution in [2.24, 2.45) is 0 Å². The Balaban J connectivity index is 3.88. The van der Waals surface area contributed by atoms with Crippen LogP contribution in [0.15, 0.2) is 12.2 Å². The van der Waals surface area contributed by atoms with Crippen LogP contribution in [0, 0.1) is 0 Å². The standard InChI is InChI=1S/C18H35NO/c1-4-7-10-11-12-13-14-15-18(20)19(16-8-5-2)17-9-6-3/h13-14H,4-12,15-17H2,1-3H3/b14-13+. The van der Waals surface area contributed by atoms with E-state index >= 15 is 0 Å². The van der Waals surface area contributed by atoms with Crippen LogP contribution >= 0.6 is 0 Å². The van der Waals surface area contributed by atoms with Crippen molar-refractivity contribution in [3.8, 4) is 0 Å². The van der Waals surface area contributed by atoms with Crippen LogP contribution in [0.25, 0.3) is 0 Å². The number of hydrogen-bond acceptors (Lipinski definition) is 1. The molecule has 0 radical (unpaired) electrons. The normalized spacial score (nSPS) is 11.2. The lowest BCUT2D eigenvalue weighted by Gasteiger charge is -2.21. The molecule has 0 aromatic rings. The van der Waals surface area contributed by atoms with E-state index in [0.717, 1.165) is 45.2 Å². The average Bonchev–Trinajstić information content (AvgIpc) is 2.46. The second-order valence-corrected chi connectivity index (χ2v) is 5.61. The molecule has 0 saturated carbocycles. The van der Waals surface area contributed by atoms with E-state index in [0.29, 0.717) is 12.3 Å². The molecule has 0 aliphatic carbocycles. The number of carbonyl (C=O) groups excluding carboxylic acids is 1. The first-order chi connectivity index (χ1) is 9.76. The van der Waals surface area contributed by atoms with Crippen molar-refractivity contribution in [2.75, 3.05) is 13.1 Å². The van der Waals surface area contributed by atoms with Gasteiger partial charge in [0.15, 0.2) is 0 Å². The van der Waals surface area contributed by atoms with Crippen LogP contribution in [-0.4, -0.2) is 23.9 Å². The summed E-state index contributed by atoms with van der Waals surface area (Å²) in [5, 5.41) is 0. The summed E-state index contributed by atoms with van der Waals surface area (Å²) in [5.74, 6) is 0.303. The summed E-state index contributed by atoms with van der Waals surface area (Å²) < 4.78 is 0. The van der Waals surface area contributed by atoms with Crippen molar-refractivity contribution in [3.05, 3.63) is 12.2 Å². The van der Waals surface area contributed by atoms with Gasteiger partial charge in [-0.15, -0.1) is 0 Å². The fourth-order valence-electron chi connectivity index (χ4n) is 2.18. The first-order valence-corrected chi connectivity index (χ1v) is 8.68. The van der Waals surface area contributed by atoms with Crippen LogP contribution in [0.2, 0.25) is 0 Å². The molecule has 0 spiro atoms. The van der Waals surface area contributed by atoms with Gasteiger partial charge in [0.1, 0.15) is 0 Å². The third-order valence-electron chi connectivity index (χ3n) is 3.60. The zero-order chi connectivity index (χ0) is 15.1. The summed E-state index contributed by atoms with van der Waals surface area (Å²) in [6, 6.07) is 0. The van der Waals surface area contributed by atoms with E-state index in [1.807, 2.05) is 0 Å². The minimum atomic E-state index is 0.303. The van der Waals surface area contributed by atoms with Crippen LogP contribution in [-0.2, 0) is 4.79 Å². The summed E-state index contributed by atoms with van der Waals surface area (Å²) in [4.78, 5) is 14.2. The molecule has 0 saturated heterocycles. The van der Waals surface area contributed by atoms with E-state index in [-0.39, 0.29) is 0 Å². The third-order valence-corrected chi connectivity index (χ3v) is 3.60. The van der Waals surface area contributed by atoms with Gasteiger partial charge < -0.3 is 4.90 Å². The molecule has 0 atom stereocenters. The van der Waals surface area contributed by atoms with Crippen LogP contribution in [0.1, 0.15) is 85.0 Å². The number of amides is 1. The van der Waals surface area contributed by atoms with E-state index in [2.05, 4.69) is 37.8 Å². The first kappa shape index (κ1) is 19.2. The average molecular weight is 281 g/mol. The number of allylic oxidation sites excluding steroid dienone is 1. The molecule has 0 aliphatic rings. The maximum absolute atomic E-state index is 12.2. The molecule has 0 heterocycles. The second kappa shape index (κ2) is 14.6. The van der Waals surface area contributed by atoms with E-state index in [1.54, 1.807) is 0 Å². The Bertz CT molecular complexity index is 240. The highest BCUT2D eigenvalue weighted by Crippen LogP contribution is 2.05. The Morgan fingerprint density at radius 1 is 0.800 bits per heavy atom. The number of carbonyl (C=O) groups is 1. The van der Waals surface area contributed by atoms with Crippen molar-refractivity contribution >= 4 is 5.91 Å². The Morgan fingerprint density at radius 2 is 1.40 bits per heavy atom. The van der Waals surface area contributed by atoms with Crippen molar-refractivity contribution in [3.63, 3.8) is 0 Å². The smallest absolute Gasteiger partial charge is 0.226 e. The molecule has 118 valence electrons. The number of nitrogens with zero attached hydrogens (tertiary/aromatic N) is 1. The van der Waals surface area contributed by atoms with Gasteiger partial charge in [-0.05, 0) is 25.7 Å². The minimum Gasteiger partial charge on any atom is -0.342 e. The lowest BCUT2D eigenvalue weighted by molar-refractivity contribution is -0.130. The fraction of sp³-hybridized carbons (Fsp3) is 0.833. The zero-order valence-corrected chi connectivity index (χ0v) is 14.0. The van der Waals surface area contributed by atoms with Gasteiger partial charge in [0.25, 0.3) is 0 Å². The highest BCUT2D eigenvalue weighted by atomic mass is 16.2. The van der Waals surface area contributed by atoms with Crippen molar-refractivity contribution in [1.29, 1.82) is 0 Å². The van der Waals surface area contributed by atoms with Crippen LogP contribution in [0.3, 0.4) is 0 Å². The number of hydrogen-bond donors (Lipinski definition) is 0.